The number of aromatic nitrogens is 2. The number of anilines is 1. The number of rotatable bonds is 6. The number of hydrogen-bond acceptors (Lipinski definition) is 3. The maximum absolute atomic E-state index is 5.76. The average Bonchev–Trinajstić information content (AvgIpc) is 2.23. The van der Waals surface area contributed by atoms with E-state index in [0.717, 1.165) is 22.6 Å². The highest BCUT2D eigenvalue weighted by Crippen LogP contribution is 2.21. The molecule has 0 bridgehead atoms. The predicted octanol–water partition coefficient (Wildman–Crippen LogP) is 4.52. The van der Waals surface area contributed by atoms with Crippen molar-refractivity contribution in [3.05, 3.63) is 16.0 Å². The SMILES string of the molecule is CC(C)CCCC(C)Nc1nc(Cl)ncc1Br. The first-order valence-corrected chi connectivity index (χ1v) is 7.10. The highest BCUT2D eigenvalue weighted by molar-refractivity contribution is 9.10. The van der Waals surface area contributed by atoms with Gasteiger partial charge in [-0.2, -0.15) is 4.98 Å². The molecule has 0 amide bonds. The molecule has 0 spiro atoms. The van der Waals surface area contributed by atoms with Gasteiger partial charge in [0.2, 0.25) is 5.28 Å². The van der Waals surface area contributed by atoms with Crippen molar-refractivity contribution in [1.29, 1.82) is 0 Å². The van der Waals surface area contributed by atoms with E-state index in [2.05, 4.69) is 52.0 Å². The highest BCUT2D eigenvalue weighted by Gasteiger charge is 2.08. The zero-order chi connectivity index (χ0) is 12.8. The molecular formula is C12H19BrClN3. The summed E-state index contributed by atoms with van der Waals surface area (Å²) < 4.78 is 0.845. The smallest absolute Gasteiger partial charge is 0.224 e. The number of halogens is 2. The van der Waals surface area contributed by atoms with Crippen LogP contribution in [0.3, 0.4) is 0 Å². The summed E-state index contributed by atoms with van der Waals surface area (Å²) in [6.07, 6.45) is 5.28. The lowest BCUT2D eigenvalue weighted by Crippen LogP contribution is -2.16. The van der Waals surface area contributed by atoms with Gasteiger partial charge < -0.3 is 5.32 Å². The summed E-state index contributed by atoms with van der Waals surface area (Å²) in [6, 6.07) is 0.385. The van der Waals surface area contributed by atoms with Gasteiger partial charge in [-0.25, -0.2) is 4.98 Å². The van der Waals surface area contributed by atoms with Crippen molar-refractivity contribution < 1.29 is 0 Å². The van der Waals surface area contributed by atoms with Gasteiger partial charge >= 0.3 is 0 Å². The summed E-state index contributed by atoms with van der Waals surface area (Å²) in [4.78, 5) is 8.05. The number of hydrogen-bond donors (Lipinski definition) is 1. The lowest BCUT2D eigenvalue weighted by Gasteiger charge is -2.15. The molecule has 0 aliphatic rings. The Labute approximate surface area is 117 Å². The fourth-order valence-electron chi connectivity index (χ4n) is 1.58. The summed E-state index contributed by atoms with van der Waals surface area (Å²) in [6.45, 7) is 6.65. The Hall–Kier alpha value is -0.350. The van der Waals surface area contributed by atoms with Crippen LogP contribution in [0.1, 0.15) is 40.0 Å². The summed E-state index contributed by atoms with van der Waals surface area (Å²) >= 11 is 9.17. The fourth-order valence-corrected chi connectivity index (χ4v) is 2.02. The second-order valence-electron chi connectivity index (χ2n) is 4.71. The molecule has 3 nitrogen and oxygen atoms in total. The zero-order valence-corrected chi connectivity index (χ0v) is 12.8. The molecule has 5 heteroatoms. The van der Waals surface area contributed by atoms with E-state index in [1.807, 2.05) is 0 Å². The minimum absolute atomic E-state index is 0.269. The van der Waals surface area contributed by atoms with Crippen LogP contribution in [0.25, 0.3) is 0 Å². The normalized spacial score (nSPS) is 12.8. The van der Waals surface area contributed by atoms with Crippen LogP contribution in [0, 0.1) is 5.92 Å². The van der Waals surface area contributed by atoms with Gasteiger partial charge in [-0.3, -0.25) is 0 Å². The van der Waals surface area contributed by atoms with Crippen LogP contribution in [0.2, 0.25) is 5.28 Å². The molecule has 0 aliphatic heterocycles. The standard InChI is InChI=1S/C12H19BrClN3/c1-8(2)5-4-6-9(3)16-11-10(13)7-15-12(14)17-11/h7-9H,4-6H2,1-3H3,(H,15,16,17). The molecule has 1 atom stereocenters. The molecule has 1 heterocycles. The molecule has 96 valence electrons. The minimum Gasteiger partial charge on any atom is -0.367 e. The van der Waals surface area contributed by atoms with Crippen LogP contribution in [-0.4, -0.2) is 16.0 Å². The van der Waals surface area contributed by atoms with Crippen LogP contribution >= 0.6 is 27.5 Å². The summed E-state index contributed by atoms with van der Waals surface area (Å²) in [5.41, 5.74) is 0. The summed E-state index contributed by atoms with van der Waals surface area (Å²) in [5, 5.41) is 3.61. The maximum Gasteiger partial charge on any atom is 0.224 e. The van der Waals surface area contributed by atoms with Gasteiger partial charge in [-0.05, 0) is 46.8 Å². The van der Waals surface area contributed by atoms with Gasteiger partial charge in [0.15, 0.2) is 0 Å². The topological polar surface area (TPSA) is 37.8 Å². The van der Waals surface area contributed by atoms with Crippen molar-refractivity contribution in [2.24, 2.45) is 5.92 Å². The third kappa shape index (κ3) is 5.68. The minimum atomic E-state index is 0.269. The molecule has 1 unspecified atom stereocenters. The van der Waals surface area contributed by atoms with Crippen molar-refractivity contribution in [2.45, 2.75) is 46.1 Å². The monoisotopic (exact) mass is 319 g/mol. The largest absolute Gasteiger partial charge is 0.367 e. The highest BCUT2D eigenvalue weighted by atomic mass is 79.9. The maximum atomic E-state index is 5.76. The van der Waals surface area contributed by atoms with Crippen LogP contribution < -0.4 is 5.32 Å². The van der Waals surface area contributed by atoms with Crippen LogP contribution in [0.15, 0.2) is 10.7 Å². The van der Waals surface area contributed by atoms with E-state index in [0.29, 0.717) is 6.04 Å². The van der Waals surface area contributed by atoms with E-state index in [1.54, 1.807) is 6.20 Å². The third-order valence-electron chi connectivity index (χ3n) is 2.52. The first kappa shape index (κ1) is 14.7. The van der Waals surface area contributed by atoms with Crippen LogP contribution in [0.4, 0.5) is 5.82 Å². The average molecular weight is 321 g/mol. The molecule has 0 saturated carbocycles. The summed E-state index contributed by atoms with van der Waals surface area (Å²) in [7, 11) is 0. The van der Waals surface area contributed by atoms with Gasteiger partial charge in [0.05, 0.1) is 4.47 Å². The van der Waals surface area contributed by atoms with Crippen LogP contribution in [-0.2, 0) is 0 Å². The van der Waals surface area contributed by atoms with Gasteiger partial charge in [-0.15, -0.1) is 0 Å². The molecule has 0 aliphatic carbocycles. The first-order valence-electron chi connectivity index (χ1n) is 5.93. The first-order chi connectivity index (χ1) is 7.99. The molecule has 17 heavy (non-hydrogen) atoms. The number of nitrogens with zero attached hydrogens (tertiary/aromatic N) is 2. The Balaban J connectivity index is 2.44. The fraction of sp³-hybridized carbons (Fsp3) is 0.667. The molecule has 0 fully saturated rings. The van der Waals surface area contributed by atoms with E-state index in [4.69, 9.17) is 11.6 Å². The Morgan fingerprint density at radius 2 is 2.06 bits per heavy atom. The van der Waals surface area contributed by atoms with Gasteiger partial charge in [-0.1, -0.05) is 26.7 Å². The molecule has 1 aromatic heterocycles. The van der Waals surface area contributed by atoms with Crippen LogP contribution in [0.5, 0.6) is 0 Å². The zero-order valence-electron chi connectivity index (χ0n) is 10.5. The van der Waals surface area contributed by atoms with Crippen molar-refractivity contribution in [2.75, 3.05) is 5.32 Å². The van der Waals surface area contributed by atoms with Gasteiger partial charge in [0.25, 0.3) is 0 Å². The predicted molar refractivity (Wildman–Crippen MR) is 76.5 cm³/mol. The van der Waals surface area contributed by atoms with Gasteiger partial charge in [0, 0.05) is 12.2 Å². The Bertz CT molecular complexity index is 358. The number of nitrogens with one attached hydrogen (secondary N) is 1. The third-order valence-corrected chi connectivity index (χ3v) is 3.28. The molecule has 0 saturated heterocycles. The Kier molecular flexibility index (Phi) is 6.20. The lowest BCUT2D eigenvalue weighted by atomic mass is 10.0. The van der Waals surface area contributed by atoms with Crippen molar-refractivity contribution in [3.8, 4) is 0 Å². The van der Waals surface area contributed by atoms with E-state index in [1.165, 1.54) is 12.8 Å². The second-order valence-corrected chi connectivity index (χ2v) is 5.90. The second kappa shape index (κ2) is 7.17. The molecule has 0 aromatic carbocycles. The van der Waals surface area contributed by atoms with Crippen molar-refractivity contribution in [1.82, 2.24) is 9.97 Å². The van der Waals surface area contributed by atoms with Crippen molar-refractivity contribution >= 4 is 33.3 Å². The van der Waals surface area contributed by atoms with E-state index >= 15 is 0 Å². The van der Waals surface area contributed by atoms with Gasteiger partial charge in [0.1, 0.15) is 5.82 Å². The molecule has 1 N–H and O–H groups in total. The molecule has 1 aromatic rings. The van der Waals surface area contributed by atoms with Crippen molar-refractivity contribution in [3.63, 3.8) is 0 Å². The Morgan fingerprint density at radius 1 is 1.35 bits per heavy atom. The molecule has 1 rings (SSSR count). The quantitative estimate of drug-likeness (QED) is 0.783. The Morgan fingerprint density at radius 3 is 2.71 bits per heavy atom. The van der Waals surface area contributed by atoms with E-state index in [9.17, 15) is 0 Å². The molecule has 0 radical (unpaired) electrons. The molecular weight excluding hydrogens is 302 g/mol. The lowest BCUT2D eigenvalue weighted by molar-refractivity contribution is 0.520. The van der Waals surface area contributed by atoms with E-state index < -0.39 is 0 Å². The van der Waals surface area contributed by atoms with E-state index in [-0.39, 0.29) is 5.28 Å². The summed E-state index contributed by atoms with van der Waals surface area (Å²) in [5.74, 6) is 1.53.